The molecule has 6 nitrogen and oxygen atoms in total. The first-order valence-electron chi connectivity index (χ1n) is 16.7. The third-order valence-electron chi connectivity index (χ3n) is 8.89. The highest BCUT2D eigenvalue weighted by Crippen LogP contribution is 2.32. The van der Waals surface area contributed by atoms with Crippen molar-refractivity contribution in [2.75, 3.05) is 78.7 Å². The molecular weight excluding hydrogens is 494 g/mol. The molecule has 0 amide bonds. The minimum atomic E-state index is 0.323. The van der Waals surface area contributed by atoms with E-state index in [0.717, 1.165) is 45.3 Å². The van der Waals surface area contributed by atoms with Crippen LogP contribution in [0.25, 0.3) is 0 Å². The van der Waals surface area contributed by atoms with Gasteiger partial charge >= 0.3 is 0 Å². The van der Waals surface area contributed by atoms with Crippen molar-refractivity contribution in [3.8, 4) is 0 Å². The number of piperazine rings is 1. The highest BCUT2D eigenvalue weighted by Gasteiger charge is 2.26. The smallest absolute Gasteiger partial charge is 0.0594 e. The summed E-state index contributed by atoms with van der Waals surface area (Å²) in [6.07, 6.45) is 6.97. The van der Waals surface area contributed by atoms with E-state index in [2.05, 4.69) is 108 Å². The van der Waals surface area contributed by atoms with Gasteiger partial charge in [-0.15, -0.1) is 0 Å². The lowest BCUT2D eigenvalue weighted by Crippen LogP contribution is -2.51. The first kappa shape index (κ1) is 37.8. The molecule has 4 fully saturated rings. The van der Waals surface area contributed by atoms with E-state index in [-0.39, 0.29) is 0 Å². The summed E-state index contributed by atoms with van der Waals surface area (Å²) in [5, 5.41) is 6.73. The monoisotopic (exact) mass is 568 g/mol. The summed E-state index contributed by atoms with van der Waals surface area (Å²) < 4.78 is 5.25. The predicted molar refractivity (Wildman–Crippen MR) is 177 cm³/mol. The maximum Gasteiger partial charge on any atom is 0.0594 e. The second-order valence-corrected chi connectivity index (χ2v) is 16.3. The minimum absolute atomic E-state index is 0.323. The quantitative estimate of drug-likeness (QED) is 0.368. The fraction of sp³-hybridized carbons (Fsp3) is 1.00. The summed E-state index contributed by atoms with van der Waals surface area (Å²) in [5.41, 5.74) is 1.62. The summed E-state index contributed by atoms with van der Waals surface area (Å²) >= 11 is 0. The standard InChI is InChI=1S/2C9H19N.C8H18N2.C8H17NO/c1-9(2,3)8-4-6-10-7-5-8;1-9(2,3)10-7-5-4-6-8-10;1-8(2,3)10-6-4-9-5-7-10;1-8(2,3)9-4-6-10-7-5-9/h8,10H,4-7H2,1-3H3;4-8H2,1-3H3;9H,4-7H2,1-3H3;4-7H2,1-3H3. The molecule has 2 N–H and O–H groups in total. The van der Waals surface area contributed by atoms with Crippen LogP contribution in [0.5, 0.6) is 0 Å². The van der Waals surface area contributed by atoms with Crippen molar-refractivity contribution in [1.82, 2.24) is 25.3 Å². The Morgan fingerprint density at radius 2 is 0.850 bits per heavy atom. The number of likely N-dealkylation sites (tertiary alicyclic amines) is 1. The van der Waals surface area contributed by atoms with Crippen molar-refractivity contribution in [3.63, 3.8) is 0 Å². The van der Waals surface area contributed by atoms with Crippen molar-refractivity contribution in [3.05, 3.63) is 0 Å². The van der Waals surface area contributed by atoms with E-state index in [1.54, 1.807) is 0 Å². The fourth-order valence-corrected chi connectivity index (χ4v) is 5.82. The Hall–Kier alpha value is -0.240. The molecule has 0 aromatic heterocycles. The van der Waals surface area contributed by atoms with Crippen LogP contribution in [0.3, 0.4) is 0 Å². The minimum Gasteiger partial charge on any atom is -0.379 e. The van der Waals surface area contributed by atoms with Crippen LogP contribution >= 0.6 is 0 Å². The molecule has 4 aliphatic rings. The topological polar surface area (TPSA) is 43.0 Å². The van der Waals surface area contributed by atoms with E-state index in [4.69, 9.17) is 4.74 Å². The summed E-state index contributed by atoms with van der Waals surface area (Å²) in [4.78, 5) is 7.55. The fourth-order valence-electron chi connectivity index (χ4n) is 5.82. The van der Waals surface area contributed by atoms with Crippen LogP contribution in [0, 0.1) is 11.3 Å². The molecular formula is C34H73N5O. The van der Waals surface area contributed by atoms with Crippen LogP contribution in [0.15, 0.2) is 0 Å². The van der Waals surface area contributed by atoms with Crippen LogP contribution in [-0.2, 0) is 4.74 Å². The van der Waals surface area contributed by atoms with E-state index < -0.39 is 0 Å². The Kier molecular flexibility index (Phi) is 16.8. The van der Waals surface area contributed by atoms with Crippen LogP contribution < -0.4 is 10.6 Å². The van der Waals surface area contributed by atoms with Gasteiger partial charge in [-0.1, -0.05) is 27.2 Å². The lowest BCUT2D eigenvalue weighted by atomic mass is 9.76. The summed E-state index contributed by atoms with van der Waals surface area (Å²) in [5.74, 6) is 0.939. The maximum absolute atomic E-state index is 5.25. The Morgan fingerprint density at radius 3 is 1.15 bits per heavy atom. The number of morpholine rings is 1. The first-order chi connectivity index (χ1) is 18.4. The van der Waals surface area contributed by atoms with Gasteiger partial charge in [0, 0.05) is 55.9 Å². The zero-order valence-corrected chi connectivity index (χ0v) is 29.3. The molecule has 6 heteroatoms. The molecule has 0 unspecified atom stereocenters. The van der Waals surface area contributed by atoms with Gasteiger partial charge < -0.3 is 15.4 Å². The van der Waals surface area contributed by atoms with Gasteiger partial charge in [-0.2, -0.15) is 0 Å². The third kappa shape index (κ3) is 16.4. The molecule has 0 atom stereocenters. The summed E-state index contributed by atoms with van der Waals surface area (Å²) in [6, 6.07) is 0. The molecule has 0 saturated carbocycles. The summed E-state index contributed by atoms with van der Waals surface area (Å²) in [7, 11) is 0. The number of nitrogens with one attached hydrogen (secondary N) is 2. The average Bonchev–Trinajstić information content (AvgIpc) is 2.90. The zero-order valence-electron chi connectivity index (χ0n) is 29.3. The van der Waals surface area contributed by atoms with E-state index in [9.17, 15) is 0 Å². The van der Waals surface area contributed by atoms with Crippen molar-refractivity contribution < 1.29 is 4.74 Å². The van der Waals surface area contributed by atoms with Crippen LogP contribution in [0.1, 0.15) is 115 Å². The van der Waals surface area contributed by atoms with Gasteiger partial charge in [-0.25, -0.2) is 0 Å². The van der Waals surface area contributed by atoms with E-state index in [1.807, 2.05) is 0 Å². The molecule has 4 aliphatic heterocycles. The lowest BCUT2D eigenvalue weighted by molar-refractivity contribution is -0.00389. The van der Waals surface area contributed by atoms with Gasteiger partial charge in [0.1, 0.15) is 0 Å². The molecule has 4 heterocycles. The Bertz CT molecular complexity index is 505. The average molecular weight is 568 g/mol. The van der Waals surface area contributed by atoms with E-state index in [0.29, 0.717) is 22.0 Å². The highest BCUT2D eigenvalue weighted by atomic mass is 16.5. The maximum atomic E-state index is 5.25. The number of hydrogen-bond donors (Lipinski definition) is 2. The molecule has 0 radical (unpaired) electrons. The molecule has 0 aromatic carbocycles. The van der Waals surface area contributed by atoms with Gasteiger partial charge in [0.15, 0.2) is 0 Å². The molecule has 40 heavy (non-hydrogen) atoms. The highest BCUT2D eigenvalue weighted by molar-refractivity contribution is 4.81. The third-order valence-corrected chi connectivity index (χ3v) is 8.89. The largest absolute Gasteiger partial charge is 0.379 e. The number of nitrogens with zero attached hydrogens (tertiary/aromatic N) is 3. The lowest BCUT2D eigenvalue weighted by Gasteiger charge is -2.38. The molecule has 0 aromatic rings. The SMILES string of the molecule is CC(C)(C)C1CCNCC1.CC(C)(C)N1CCCCC1.CC(C)(C)N1CCNCC1.CC(C)(C)N1CCOCC1. The first-order valence-corrected chi connectivity index (χ1v) is 16.7. The Balaban J connectivity index is 0.000000267. The van der Waals surface area contributed by atoms with Gasteiger partial charge in [-0.3, -0.25) is 14.7 Å². The Morgan fingerprint density at radius 1 is 0.475 bits per heavy atom. The van der Waals surface area contributed by atoms with Crippen LogP contribution in [0.2, 0.25) is 0 Å². The number of piperidine rings is 2. The molecule has 0 bridgehead atoms. The molecule has 4 saturated heterocycles. The summed E-state index contributed by atoms with van der Waals surface area (Å²) in [6.45, 7) is 41.3. The van der Waals surface area contributed by atoms with Crippen molar-refractivity contribution >= 4 is 0 Å². The normalized spacial score (nSPS) is 23.1. The van der Waals surface area contributed by atoms with Gasteiger partial charge in [0.2, 0.25) is 0 Å². The van der Waals surface area contributed by atoms with Gasteiger partial charge in [-0.05, 0) is 126 Å². The molecule has 0 spiro atoms. The molecule has 4 rings (SSSR count). The van der Waals surface area contributed by atoms with Crippen molar-refractivity contribution in [2.45, 2.75) is 132 Å². The van der Waals surface area contributed by atoms with Crippen molar-refractivity contribution in [2.24, 2.45) is 11.3 Å². The van der Waals surface area contributed by atoms with Crippen LogP contribution in [0.4, 0.5) is 0 Å². The number of rotatable bonds is 0. The Labute approximate surface area is 251 Å². The zero-order chi connectivity index (χ0) is 30.5. The number of ether oxygens (including phenoxy) is 1. The molecule has 0 aliphatic carbocycles. The van der Waals surface area contributed by atoms with Crippen LogP contribution in [-0.4, -0.2) is 110 Å². The molecule has 240 valence electrons. The van der Waals surface area contributed by atoms with E-state index in [1.165, 1.54) is 71.4 Å². The van der Waals surface area contributed by atoms with Gasteiger partial charge in [0.05, 0.1) is 13.2 Å². The second-order valence-electron chi connectivity index (χ2n) is 16.3. The van der Waals surface area contributed by atoms with E-state index >= 15 is 0 Å². The number of hydrogen-bond acceptors (Lipinski definition) is 6. The van der Waals surface area contributed by atoms with Gasteiger partial charge in [0.25, 0.3) is 0 Å². The second kappa shape index (κ2) is 17.8. The predicted octanol–water partition coefficient (Wildman–Crippen LogP) is 6.11. The van der Waals surface area contributed by atoms with Crippen molar-refractivity contribution in [1.29, 1.82) is 0 Å².